The molecular formula is C24H24N6O2S2. The van der Waals surface area contributed by atoms with Gasteiger partial charge in [0.15, 0.2) is 0 Å². The van der Waals surface area contributed by atoms with E-state index in [0.717, 1.165) is 62.2 Å². The van der Waals surface area contributed by atoms with Crippen LogP contribution in [-0.4, -0.2) is 45.7 Å². The summed E-state index contributed by atoms with van der Waals surface area (Å²) < 4.78 is 0. The van der Waals surface area contributed by atoms with Crippen LogP contribution in [0.5, 0.6) is 0 Å². The third-order valence-electron chi connectivity index (χ3n) is 5.80. The van der Waals surface area contributed by atoms with Crippen LogP contribution in [0, 0.1) is 5.92 Å². The molecule has 2 saturated heterocycles. The number of rotatable bonds is 7. The van der Waals surface area contributed by atoms with E-state index in [-0.39, 0.29) is 11.1 Å². The minimum Gasteiger partial charge on any atom is -0.341 e. The van der Waals surface area contributed by atoms with Crippen LogP contribution in [0.15, 0.2) is 52.9 Å². The summed E-state index contributed by atoms with van der Waals surface area (Å²) in [7, 11) is 0. The van der Waals surface area contributed by atoms with Crippen LogP contribution < -0.4 is 15.5 Å². The summed E-state index contributed by atoms with van der Waals surface area (Å²) in [5.74, 6) is 0.869. The largest absolute Gasteiger partial charge is 0.341 e. The maximum atomic E-state index is 11.8. The van der Waals surface area contributed by atoms with Crippen molar-refractivity contribution in [1.82, 2.24) is 25.6 Å². The number of nitrogens with one attached hydrogen (secondary N) is 2. The van der Waals surface area contributed by atoms with Gasteiger partial charge in [0, 0.05) is 25.8 Å². The zero-order chi connectivity index (χ0) is 23.3. The zero-order valence-electron chi connectivity index (χ0n) is 18.4. The molecule has 3 aromatic rings. The SMILES string of the molecule is O=C1NC(=O)C(=Cc2ccnc(N3CCC(CNCc4cccc(-c5cccs5)n4)CC3)n2)S1. The third kappa shape index (κ3) is 5.52. The van der Waals surface area contributed by atoms with Crippen LogP contribution in [0.3, 0.4) is 0 Å². The molecule has 2 N–H and O–H groups in total. The van der Waals surface area contributed by atoms with E-state index in [1.165, 1.54) is 4.88 Å². The molecule has 2 aliphatic rings. The average molecular weight is 493 g/mol. The molecule has 3 aromatic heterocycles. The number of hydrogen-bond donors (Lipinski definition) is 2. The summed E-state index contributed by atoms with van der Waals surface area (Å²) in [5.41, 5.74) is 2.70. The summed E-state index contributed by atoms with van der Waals surface area (Å²) in [5, 5.41) is 7.55. The number of carbonyl (C=O) groups is 2. The summed E-state index contributed by atoms with van der Waals surface area (Å²) >= 11 is 2.60. The normalized spacial score (nSPS) is 18.0. The molecule has 0 spiro atoms. The van der Waals surface area contributed by atoms with E-state index in [4.69, 9.17) is 4.98 Å². The number of thiophene rings is 1. The van der Waals surface area contributed by atoms with Crippen molar-refractivity contribution in [2.45, 2.75) is 19.4 Å². The number of anilines is 1. The highest BCUT2D eigenvalue weighted by Crippen LogP contribution is 2.26. The standard InChI is InChI=1S/C24H24N6O2S2/c31-22-21(34-24(32)29-22)13-17-6-9-26-23(28-17)30-10-7-16(8-11-30)14-25-15-18-3-1-4-19(27-18)20-5-2-12-33-20/h1-6,9,12-13,16,25H,7-8,10-11,14-15H2,(H,29,31,32). The number of hydrogen-bond acceptors (Lipinski definition) is 9. The molecule has 0 unspecified atom stereocenters. The summed E-state index contributed by atoms with van der Waals surface area (Å²) in [6.45, 7) is 3.47. The second kappa shape index (κ2) is 10.5. The van der Waals surface area contributed by atoms with Crippen molar-refractivity contribution < 1.29 is 9.59 Å². The fourth-order valence-corrected chi connectivity index (χ4v) is 5.39. The molecule has 0 atom stereocenters. The number of nitrogens with zero attached hydrogens (tertiary/aromatic N) is 4. The maximum Gasteiger partial charge on any atom is 0.290 e. The van der Waals surface area contributed by atoms with Crippen LogP contribution in [0.1, 0.15) is 24.2 Å². The molecule has 0 aliphatic carbocycles. The van der Waals surface area contributed by atoms with Crippen LogP contribution in [0.2, 0.25) is 0 Å². The van der Waals surface area contributed by atoms with Crippen molar-refractivity contribution in [3.05, 3.63) is 64.3 Å². The minimum absolute atomic E-state index is 0.354. The molecule has 34 heavy (non-hydrogen) atoms. The first-order valence-corrected chi connectivity index (χ1v) is 12.9. The molecule has 2 fully saturated rings. The summed E-state index contributed by atoms with van der Waals surface area (Å²) in [6, 6.07) is 12.1. The van der Waals surface area contributed by atoms with Crippen molar-refractivity contribution in [1.29, 1.82) is 0 Å². The molecule has 0 aromatic carbocycles. The van der Waals surface area contributed by atoms with Gasteiger partial charge in [-0.15, -0.1) is 11.3 Å². The van der Waals surface area contributed by atoms with E-state index < -0.39 is 0 Å². The van der Waals surface area contributed by atoms with Crippen molar-refractivity contribution >= 4 is 46.3 Å². The first-order chi connectivity index (χ1) is 16.6. The molecule has 0 bridgehead atoms. The van der Waals surface area contributed by atoms with Gasteiger partial charge in [0.1, 0.15) is 0 Å². The van der Waals surface area contributed by atoms with Crippen LogP contribution >= 0.6 is 23.1 Å². The van der Waals surface area contributed by atoms with Gasteiger partial charge in [-0.1, -0.05) is 12.1 Å². The molecule has 2 aliphatic heterocycles. The number of amides is 2. The second-order valence-electron chi connectivity index (χ2n) is 8.19. The highest BCUT2D eigenvalue weighted by molar-refractivity contribution is 8.18. The van der Waals surface area contributed by atoms with E-state index >= 15 is 0 Å². The number of aromatic nitrogens is 3. The van der Waals surface area contributed by atoms with E-state index in [2.05, 4.69) is 55.1 Å². The van der Waals surface area contributed by atoms with Gasteiger partial charge in [0.05, 0.1) is 26.9 Å². The zero-order valence-corrected chi connectivity index (χ0v) is 20.1. The number of imide groups is 1. The van der Waals surface area contributed by atoms with Gasteiger partial charge >= 0.3 is 0 Å². The lowest BCUT2D eigenvalue weighted by molar-refractivity contribution is -0.115. The maximum absolute atomic E-state index is 11.8. The monoisotopic (exact) mass is 492 g/mol. The van der Waals surface area contributed by atoms with Crippen molar-refractivity contribution in [2.24, 2.45) is 5.92 Å². The Morgan fingerprint density at radius 2 is 2.00 bits per heavy atom. The fraction of sp³-hybridized carbons (Fsp3) is 0.292. The van der Waals surface area contributed by atoms with Gasteiger partial charge < -0.3 is 10.2 Å². The van der Waals surface area contributed by atoms with E-state index in [0.29, 0.717) is 22.5 Å². The number of carbonyl (C=O) groups excluding carboxylic acids is 2. The Kier molecular flexibility index (Phi) is 6.98. The first kappa shape index (κ1) is 22.7. The molecule has 5 heterocycles. The Bertz CT molecular complexity index is 1210. The van der Waals surface area contributed by atoms with E-state index in [9.17, 15) is 9.59 Å². The van der Waals surface area contributed by atoms with Gasteiger partial charge in [-0.25, -0.2) is 9.97 Å². The predicted octanol–water partition coefficient (Wildman–Crippen LogP) is 3.93. The lowest BCUT2D eigenvalue weighted by Gasteiger charge is -2.32. The molecule has 174 valence electrons. The molecule has 5 rings (SSSR count). The Labute approximate surface area is 205 Å². The molecule has 0 radical (unpaired) electrons. The summed E-state index contributed by atoms with van der Waals surface area (Å²) in [4.78, 5) is 40.6. The van der Waals surface area contributed by atoms with Crippen molar-refractivity contribution in [2.75, 3.05) is 24.5 Å². The Morgan fingerprint density at radius 1 is 1.12 bits per heavy atom. The van der Waals surface area contributed by atoms with Crippen LogP contribution in [0.4, 0.5) is 10.7 Å². The Hall–Kier alpha value is -3.08. The van der Waals surface area contributed by atoms with Crippen LogP contribution in [-0.2, 0) is 11.3 Å². The van der Waals surface area contributed by atoms with Gasteiger partial charge in [-0.05, 0) is 72.8 Å². The van der Waals surface area contributed by atoms with Gasteiger partial charge in [-0.2, -0.15) is 0 Å². The van der Waals surface area contributed by atoms with Gasteiger partial charge in [0.25, 0.3) is 11.1 Å². The quantitative estimate of drug-likeness (QED) is 0.479. The average Bonchev–Trinajstić information content (AvgIpc) is 3.50. The highest BCUT2D eigenvalue weighted by atomic mass is 32.2. The summed E-state index contributed by atoms with van der Waals surface area (Å²) in [6.07, 6.45) is 5.43. The fourth-order valence-electron chi connectivity index (χ4n) is 4.03. The van der Waals surface area contributed by atoms with Gasteiger partial charge in [-0.3, -0.25) is 19.9 Å². The third-order valence-corrected chi connectivity index (χ3v) is 7.51. The Balaban J connectivity index is 1.11. The van der Waals surface area contributed by atoms with Crippen molar-refractivity contribution in [3.63, 3.8) is 0 Å². The number of piperidine rings is 1. The molecular weight excluding hydrogens is 468 g/mol. The minimum atomic E-state index is -0.378. The van der Waals surface area contributed by atoms with Crippen molar-refractivity contribution in [3.8, 4) is 10.6 Å². The predicted molar refractivity (Wildman–Crippen MR) is 135 cm³/mol. The molecule has 8 nitrogen and oxygen atoms in total. The smallest absolute Gasteiger partial charge is 0.290 e. The topological polar surface area (TPSA) is 100 Å². The molecule has 0 saturated carbocycles. The molecule has 2 amide bonds. The van der Waals surface area contributed by atoms with Crippen LogP contribution in [0.25, 0.3) is 16.6 Å². The first-order valence-electron chi connectivity index (χ1n) is 11.2. The van der Waals surface area contributed by atoms with Gasteiger partial charge in [0.2, 0.25) is 5.95 Å². The lowest BCUT2D eigenvalue weighted by atomic mass is 9.97. The second-order valence-corrected chi connectivity index (χ2v) is 10.1. The van der Waals surface area contributed by atoms with E-state index in [1.807, 2.05) is 6.07 Å². The van der Waals surface area contributed by atoms with E-state index in [1.54, 1.807) is 29.7 Å². The number of thioether (sulfide) groups is 1. The molecule has 10 heteroatoms. The number of pyridine rings is 1. The lowest BCUT2D eigenvalue weighted by Crippen LogP contribution is -2.38. The Morgan fingerprint density at radius 3 is 2.76 bits per heavy atom. The highest BCUT2D eigenvalue weighted by Gasteiger charge is 2.25.